The summed E-state index contributed by atoms with van der Waals surface area (Å²) in [5.74, 6) is -0.839. The van der Waals surface area contributed by atoms with Crippen molar-refractivity contribution in [1.29, 1.82) is 0 Å². The molecule has 1 aromatic rings. The van der Waals surface area contributed by atoms with Gasteiger partial charge in [0.25, 0.3) is 0 Å². The summed E-state index contributed by atoms with van der Waals surface area (Å²) in [6, 6.07) is 4.19. The zero-order valence-corrected chi connectivity index (χ0v) is 20.0. The molecule has 11 heteroatoms. The third-order valence-corrected chi connectivity index (χ3v) is 9.57. The minimum absolute atomic E-state index is 0.0432. The van der Waals surface area contributed by atoms with Crippen molar-refractivity contribution in [3.05, 3.63) is 23.2 Å². The molecule has 1 amide bonds. The number of hydrogen-bond acceptors (Lipinski definition) is 5. The van der Waals surface area contributed by atoms with Crippen molar-refractivity contribution in [3.8, 4) is 0 Å². The summed E-state index contributed by atoms with van der Waals surface area (Å²) >= 11 is 6.19. The predicted molar refractivity (Wildman–Crippen MR) is 119 cm³/mol. The number of amides is 1. The van der Waals surface area contributed by atoms with Gasteiger partial charge in [0.1, 0.15) is 0 Å². The lowest BCUT2D eigenvalue weighted by Gasteiger charge is -2.31. The molecule has 1 aliphatic heterocycles. The van der Waals surface area contributed by atoms with Crippen molar-refractivity contribution in [3.63, 3.8) is 0 Å². The average Bonchev–Trinajstić information content (AvgIpc) is 2.70. The third-order valence-electron chi connectivity index (χ3n) is 5.15. The molecule has 1 aromatic carbocycles. The molecule has 8 nitrogen and oxygen atoms in total. The summed E-state index contributed by atoms with van der Waals surface area (Å²) in [5.41, 5.74) is 0.198. The van der Waals surface area contributed by atoms with Gasteiger partial charge in [-0.05, 0) is 37.5 Å². The number of carbonyl (C=O) groups excluding carboxylic acids is 1. The Morgan fingerprint density at radius 2 is 1.87 bits per heavy atom. The van der Waals surface area contributed by atoms with Crippen LogP contribution in [-0.2, 0) is 24.8 Å². The molecular formula is C19H30ClN3O5S2. The number of sulfonamides is 2. The molecule has 30 heavy (non-hydrogen) atoms. The van der Waals surface area contributed by atoms with Crippen molar-refractivity contribution < 1.29 is 21.6 Å². The predicted octanol–water partition coefficient (Wildman–Crippen LogP) is 2.76. The highest BCUT2D eigenvalue weighted by Gasteiger charge is 2.32. The number of hydrogen-bond donors (Lipinski definition) is 1. The van der Waals surface area contributed by atoms with Crippen LogP contribution in [0.1, 0.15) is 40.0 Å². The number of benzene rings is 1. The van der Waals surface area contributed by atoms with E-state index in [2.05, 4.69) is 5.32 Å². The fourth-order valence-corrected chi connectivity index (χ4v) is 6.74. The van der Waals surface area contributed by atoms with E-state index >= 15 is 0 Å². The van der Waals surface area contributed by atoms with Crippen LogP contribution in [0.5, 0.6) is 0 Å². The first kappa shape index (κ1) is 25.1. The molecule has 0 saturated carbocycles. The number of piperidine rings is 1. The second kappa shape index (κ2) is 10.4. The molecule has 1 heterocycles. The van der Waals surface area contributed by atoms with Gasteiger partial charge >= 0.3 is 0 Å². The average molecular weight is 480 g/mol. The maximum atomic E-state index is 12.8. The van der Waals surface area contributed by atoms with Gasteiger partial charge in [0, 0.05) is 26.2 Å². The maximum absolute atomic E-state index is 12.8. The monoisotopic (exact) mass is 479 g/mol. The number of nitrogens with zero attached hydrogens (tertiary/aromatic N) is 2. The molecule has 0 aliphatic carbocycles. The molecule has 1 atom stereocenters. The first-order valence-corrected chi connectivity index (χ1v) is 13.6. The van der Waals surface area contributed by atoms with Crippen LogP contribution in [-0.4, -0.2) is 63.3 Å². The largest absolute Gasteiger partial charge is 0.324 e. The van der Waals surface area contributed by atoms with Crippen LogP contribution in [0.4, 0.5) is 5.69 Å². The second-order valence-electron chi connectivity index (χ2n) is 7.23. The van der Waals surface area contributed by atoms with Gasteiger partial charge in [-0.1, -0.05) is 32.4 Å². The molecule has 1 fully saturated rings. The van der Waals surface area contributed by atoms with Crippen molar-refractivity contribution in [2.24, 2.45) is 5.92 Å². The number of carbonyl (C=O) groups is 1. The summed E-state index contributed by atoms with van der Waals surface area (Å²) in [5, 5.41) is 2.91. The highest BCUT2D eigenvalue weighted by molar-refractivity contribution is 7.89. The molecule has 1 saturated heterocycles. The molecule has 1 aliphatic rings. The summed E-state index contributed by atoms with van der Waals surface area (Å²) in [6.45, 7) is 6.48. The second-order valence-corrected chi connectivity index (χ2v) is 11.7. The van der Waals surface area contributed by atoms with Crippen LogP contribution in [0.3, 0.4) is 0 Å². The molecular weight excluding hydrogens is 450 g/mol. The Hall–Kier alpha value is -1.20. The van der Waals surface area contributed by atoms with E-state index < -0.39 is 26.0 Å². The number of anilines is 1. The van der Waals surface area contributed by atoms with Crippen molar-refractivity contribution >= 4 is 43.2 Å². The van der Waals surface area contributed by atoms with Crippen LogP contribution >= 0.6 is 11.6 Å². The normalized spacial score (nSPS) is 18.5. The topological polar surface area (TPSA) is 104 Å². The van der Waals surface area contributed by atoms with E-state index in [4.69, 9.17) is 11.6 Å². The van der Waals surface area contributed by atoms with E-state index in [1.54, 1.807) is 20.8 Å². The zero-order valence-electron chi connectivity index (χ0n) is 17.6. The first-order valence-electron chi connectivity index (χ1n) is 10.1. The lowest BCUT2D eigenvalue weighted by atomic mass is 9.99. The molecule has 1 N–H and O–H groups in total. The van der Waals surface area contributed by atoms with Gasteiger partial charge in [-0.2, -0.15) is 4.31 Å². The van der Waals surface area contributed by atoms with Gasteiger partial charge in [0.2, 0.25) is 26.0 Å². The maximum Gasteiger partial charge on any atom is 0.243 e. The van der Waals surface area contributed by atoms with Gasteiger partial charge in [-0.3, -0.25) is 4.79 Å². The van der Waals surface area contributed by atoms with E-state index in [1.165, 1.54) is 26.8 Å². The molecule has 0 radical (unpaired) electrons. The quantitative estimate of drug-likeness (QED) is 0.586. The van der Waals surface area contributed by atoms with Gasteiger partial charge in [0.05, 0.1) is 27.3 Å². The Balaban J connectivity index is 2.21. The van der Waals surface area contributed by atoms with Crippen LogP contribution < -0.4 is 5.32 Å². The molecule has 0 bridgehead atoms. The van der Waals surface area contributed by atoms with Crippen molar-refractivity contribution in [2.75, 3.05) is 37.2 Å². The van der Waals surface area contributed by atoms with Crippen LogP contribution in [0, 0.1) is 5.92 Å². The molecule has 2 rings (SSSR count). The summed E-state index contributed by atoms with van der Waals surface area (Å²) in [6.07, 6.45) is 1.66. The number of rotatable bonds is 9. The lowest BCUT2D eigenvalue weighted by Crippen LogP contribution is -2.44. The van der Waals surface area contributed by atoms with Gasteiger partial charge in [0.15, 0.2) is 0 Å². The lowest BCUT2D eigenvalue weighted by molar-refractivity contribution is -0.120. The van der Waals surface area contributed by atoms with Crippen LogP contribution in [0.15, 0.2) is 23.1 Å². The van der Waals surface area contributed by atoms with Crippen molar-refractivity contribution in [2.45, 2.75) is 44.9 Å². The van der Waals surface area contributed by atoms with E-state index in [-0.39, 0.29) is 33.8 Å². The highest BCUT2D eigenvalue weighted by Crippen LogP contribution is 2.29. The van der Waals surface area contributed by atoms with E-state index in [1.807, 2.05) is 0 Å². The van der Waals surface area contributed by atoms with Gasteiger partial charge < -0.3 is 5.32 Å². The van der Waals surface area contributed by atoms with Crippen molar-refractivity contribution in [1.82, 2.24) is 8.61 Å². The summed E-state index contributed by atoms with van der Waals surface area (Å²) in [7, 11) is -7.08. The summed E-state index contributed by atoms with van der Waals surface area (Å²) in [4.78, 5) is 12.8. The molecule has 1 unspecified atom stereocenters. The molecule has 0 aromatic heterocycles. The van der Waals surface area contributed by atoms with Gasteiger partial charge in [-0.25, -0.2) is 21.1 Å². The SMILES string of the molecule is CCCS(=O)(=O)N1CCCC(C(=O)Nc2cc(S(=O)(=O)N(CC)CC)ccc2Cl)C1. The van der Waals surface area contributed by atoms with Crippen LogP contribution in [0.25, 0.3) is 0 Å². The molecule has 170 valence electrons. The summed E-state index contributed by atoms with van der Waals surface area (Å²) < 4.78 is 52.9. The molecule has 0 spiro atoms. The fourth-order valence-electron chi connectivity index (χ4n) is 3.50. The number of halogens is 1. The Morgan fingerprint density at radius 3 is 2.47 bits per heavy atom. The Bertz CT molecular complexity index is 962. The zero-order chi connectivity index (χ0) is 22.5. The smallest absolute Gasteiger partial charge is 0.243 e. The third kappa shape index (κ3) is 5.73. The Kier molecular flexibility index (Phi) is 8.70. The van der Waals surface area contributed by atoms with Crippen LogP contribution in [0.2, 0.25) is 5.02 Å². The Labute approximate surface area is 184 Å². The number of nitrogens with one attached hydrogen (secondary N) is 1. The minimum Gasteiger partial charge on any atom is -0.324 e. The standard InChI is InChI=1S/C19H30ClN3O5S2/c1-4-12-29(25,26)23-11-7-8-15(14-23)19(24)21-18-13-16(9-10-17(18)20)30(27,28)22(5-2)6-3/h9-10,13,15H,4-8,11-12,14H2,1-3H3,(H,21,24). The highest BCUT2D eigenvalue weighted by atomic mass is 35.5. The fraction of sp³-hybridized carbons (Fsp3) is 0.632. The van der Waals surface area contributed by atoms with Gasteiger partial charge in [-0.15, -0.1) is 0 Å². The van der Waals surface area contributed by atoms with E-state index in [9.17, 15) is 21.6 Å². The Morgan fingerprint density at radius 1 is 1.20 bits per heavy atom. The van der Waals surface area contributed by atoms with E-state index in [0.29, 0.717) is 38.9 Å². The van der Waals surface area contributed by atoms with E-state index in [0.717, 1.165) is 0 Å². The first-order chi connectivity index (χ1) is 14.1. The minimum atomic E-state index is -3.70.